The van der Waals surface area contributed by atoms with Crippen molar-refractivity contribution in [2.45, 2.75) is 24.0 Å². The number of carbonyl (C=O) groups is 2. The van der Waals surface area contributed by atoms with Crippen molar-refractivity contribution in [3.8, 4) is 0 Å². The third-order valence-electron chi connectivity index (χ3n) is 3.92. The summed E-state index contributed by atoms with van der Waals surface area (Å²) in [5, 5.41) is 3.38. The molecule has 2 aromatic rings. The largest absolute Gasteiger partial charge is 0.468 e. The summed E-state index contributed by atoms with van der Waals surface area (Å²) >= 11 is 0. The number of carbonyl (C=O) groups excluding carboxylic acids is 2. The van der Waals surface area contributed by atoms with Crippen molar-refractivity contribution in [2.75, 3.05) is 13.6 Å². The van der Waals surface area contributed by atoms with Gasteiger partial charge in [-0.1, -0.05) is 6.07 Å². The first-order chi connectivity index (χ1) is 11.8. The molecular weight excluding hydrogens is 344 g/mol. The highest BCUT2D eigenvalue weighted by Crippen LogP contribution is 2.29. The fraction of sp³-hybridized carbons (Fsp3) is 0.294. The molecule has 7 nitrogen and oxygen atoms in total. The molecule has 0 bridgehead atoms. The predicted octanol–water partition coefficient (Wildman–Crippen LogP) is 1.27. The molecule has 0 saturated heterocycles. The van der Waals surface area contributed by atoms with Crippen LogP contribution in [0.15, 0.2) is 45.9 Å². The van der Waals surface area contributed by atoms with Crippen molar-refractivity contribution < 1.29 is 22.4 Å². The van der Waals surface area contributed by atoms with Crippen LogP contribution in [0.25, 0.3) is 0 Å². The third-order valence-corrected chi connectivity index (χ3v) is 5.98. The zero-order valence-corrected chi connectivity index (χ0v) is 15.0. The molecule has 1 aromatic carbocycles. The molecule has 134 valence electrons. The Balaban J connectivity index is 2.36. The number of hydrogen-bond acceptors (Lipinski definition) is 5. The number of aryl methyl sites for hydroxylation is 2. The monoisotopic (exact) mass is 364 g/mol. The van der Waals surface area contributed by atoms with Crippen molar-refractivity contribution in [2.24, 2.45) is 0 Å². The minimum Gasteiger partial charge on any atom is -0.468 e. The summed E-state index contributed by atoms with van der Waals surface area (Å²) < 4.78 is 31.3. The van der Waals surface area contributed by atoms with Crippen LogP contribution in [-0.2, 0) is 19.4 Å². The number of furan rings is 1. The summed E-state index contributed by atoms with van der Waals surface area (Å²) in [6.45, 7) is 3.43. The van der Waals surface area contributed by atoms with Crippen LogP contribution < -0.4 is 10.6 Å². The number of rotatable bonds is 5. The zero-order chi connectivity index (χ0) is 18.6. The van der Waals surface area contributed by atoms with Crippen LogP contribution in [0, 0.1) is 13.8 Å². The minimum absolute atomic E-state index is 0.131. The molecule has 8 heteroatoms. The summed E-state index contributed by atoms with van der Waals surface area (Å²) in [6.07, 6.45) is 1.36. The van der Waals surface area contributed by atoms with Gasteiger partial charge >= 0.3 is 11.8 Å². The molecule has 0 aliphatic rings. The average Bonchev–Trinajstić information content (AvgIpc) is 3.10. The van der Waals surface area contributed by atoms with Crippen LogP contribution in [-0.4, -0.2) is 33.8 Å². The van der Waals surface area contributed by atoms with E-state index in [1.54, 1.807) is 18.2 Å². The number of nitrogens with one attached hydrogen (secondary N) is 2. The van der Waals surface area contributed by atoms with Gasteiger partial charge in [-0.3, -0.25) is 9.59 Å². The van der Waals surface area contributed by atoms with Gasteiger partial charge in [0.25, 0.3) is 0 Å². The standard InChI is InChI=1S/C17H20N2O5S/c1-11-6-7-13(9-12(11)2)25(22,23)15(14-5-4-8-24-14)10-19-17(21)16(20)18-3/h4-9,15H,10H2,1-3H3,(H,18,20)(H,19,21)/t15-/m1/s1. The van der Waals surface area contributed by atoms with Crippen LogP contribution in [0.5, 0.6) is 0 Å². The maximum absolute atomic E-state index is 13.0. The molecule has 1 heterocycles. The lowest BCUT2D eigenvalue weighted by Crippen LogP contribution is -2.40. The number of benzene rings is 1. The van der Waals surface area contributed by atoms with E-state index in [1.807, 2.05) is 13.8 Å². The predicted molar refractivity (Wildman–Crippen MR) is 91.6 cm³/mol. The SMILES string of the molecule is CNC(=O)C(=O)NC[C@H](c1ccco1)S(=O)(=O)c1ccc(C)c(C)c1. The lowest BCUT2D eigenvalue weighted by Gasteiger charge is -2.17. The molecule has 1 aromatic heterocycles. The molecule has 2 amide bonds. The van der Waals surface area contributed by atoms with Gasteiger partial charge in [-0.05, 0) is 49.2 Å². The molecule has 2 N–H and O–H groups in total. The molecule has 0 saturated carbocycles. The van der Waals surface area contributed by atoms with Gasteiger partial charge in [0, 0.05) is 13.6 Å². The Labute approximate surface area is 146 Å². The molecule has 25 heavy (non-hydrogen) atoms. The van der Waals surface area contributed by atoms with E-state index in [1.165, 1.54) is 25.4 Å². The van der Waals surface area contributed by atoms with Crippen molar-refractivity contribution in [3.05, 3.63) is 53.5 Å². The summed E-state index contributed by atoms with van der Waals surface area (Å²) in [5.74, 6) is -1.56. The van der Waals surface area contributed by atoms with E-state index in [4.69, 9.17) is 4.42 Å². The number of sulfone groups is 1. The zero-order valence-electron chi connectivity index (χ0n) is 14.2. The molecular formula is C17H20N2O5S. The molecule has 0 aliphatic heterocycles. The fourth-order valence-electron chi connectivity index (χ4n) is 2.27. The highest BCUT2D eigenvalue weighted by Gasteiger charge is 2.32. The van der Waals surface area contributed by atoms with Crippen LogP contribution in [0.3, 0.4) is 0 Å². The Kier molecular flexibility index (Phi) is 5.63. The van der Waals surface area contributed by atoms with E-state index in [0.29, 0.717) is 0 Å². The van der Waals surface area contributed by atoms with Gasteiger partial charge in [0.2, 0.25) is 0 Å². The van der Waals surface area contributed by atoms with E-state index in [2.05, 4.69) is 10.6 Å². The van der Waals surface area contributed by atoms with Crippen molar-refractivity contribution in [1.82, 2.24) is 10.6 Å². The molecule has 0 unspecified atom stereocenters. The Hall–Kier alpha value is -2.61. The summed E-state index contributed by atoms with van der Waals surface area (Å²) in [7, 11) is -2.51. The summed E-state index contributed by atoms with van der Waals surface area (Å²) in [4.78, 5) is 23.1. The normalized spacial score (nSPS) is 12.4. The van der Waals surface area contributed by atoms with E-state index >= 15 is 0 Å². The Morgan fingerprint density at radius 1 is 1.12 bits per heavy atom. The van der Waals surface area contributed by atoms with Gasteiger partial charge in [0.05, 0.1) is 11.2 Å². The van der Waals surface area contributed by atoms with Gasteiger partial charge in [-0.2, -0.15) is 0 Å². The summed E-state index contributed by atoms with van der Waals surface area (Å²) in [6, 6.07) is 7.92. The Bertz CT molecular complexity index is 872. The Morgan fingerprint density at radius 2 is 1.84 bits per heavy atom. The maximum atomic E-state index is 13.0. The molecule has 0 radical (unpaired) electrons. The van der Waals surface area contributed by atoms with Crippen molar-refractivity contribution in [3.63, 3.8) is 0 Å². The van der Waals surface area contributed by atoms with Crippen molar-refractivity contribution in [1.29, 1.82) is 0 Å². The van der Waals surface area contributed by atoms with E-state index in [-0.39, 0.29) is 17.2 Å². The molecule has 2 rings (SSSR count). The van der Waals surface area contributed by atoms with Crippen LogP contribution >= 0.6 is 0 Å². The molecule has 0 aliphatic carbocycles. The van der Waals surface area contributed by atoms with E-state index in [9.17, 15) is 18.0 Å². The van der Waals surface area contributed by atoms with E-state index < -0.39 is 26.9 Å². The second kappa shape index (κ2) is 7.52. The maximum Gasteiger partial charge on any atom is 0.309 e. The first kappa shape index (κ1) is 18.7. The van der Waals surface area contributed by atoms with Crippen LogP contribution in [0.4, 0.5) is 0 Å². The second-order valence-electron chi connectivity index (χ2n) is 5.58. The smallest absolute Gasteiger partial charge is 0.309 e. The molecule has 1 atom stereocenters. The van der Waals surface area contributed by atoms with Gasteiger partial charge in [0.15, 0.2) is 9.84 Å². The highest BCUT2D eigenvalue weighted by atomic mass is 32.2. The number of likely N-dealkylation sites (N-methyl/N-ethyl adjacent to an activating group) is 1. The molecule has 0 fully saturated rings. The lowest BCUT2D eigenvalue weighted by atomic mass is 10.1. The van der Waals surface area contributed by atoms with Gasteiger partial charge < -0.3 is 15.1 Å². The van der Waals surface area contributed by atoms with Crippen LogP contribution in [0.1, 0.15) is 22.1 Å². The quantitative estimate of drug-likeness (QED) is 0.778. The topological polar surface area (TPSA) is 105 Å². The van der Waals surface area contributed by atoms with Gasteiger partial charge in [-0.15, -0.1) is 0 Å². The highest BCUT2D eigenvalue weighted by molar-refractivity contribution is 7.91. The van der Waals surface area contributed by atoms with Gasteiger partial charge in [-0.25, -0.2) is 8.42 Å². The third kappa shape index (κ3) is 4.08. The average molecular weight is 364 g/mol. The fourth-order valence-corrected chi connectivity index (χ4v) is 3.94. The number of amides is 2. The van der Waals surface area contributed by atoms with Crippen LogP contribution in [0.2, 0.25) is 0 Å². The van der Waals surface area contributed by atoms with E-state index in [0.717, 1.165) is 11.1 Å². The minimum atomic E-state index is -3.83. The molecule has 0 spiro atoms. The van der Waals surface area contributed by atoms with Crippen molar-refractivity contribution >= 4 is 21.7 Å². The summed E-state index contributed by atoms with van der Waals surface area (Å²) in [5.41, 5.74) is 1.81. The van der Waals surface area contributed by atoms with Gasteiger partial charge in [0.1, 0.15) is 11.0 Å². The number of hydrogen-bond donors (Lipinski definition) is 2. The Morgan fingerprint density at radius 3 is 2.40 bits per heavy atom. The first-order valence-electron chi connectivity index (χ1n) is 7.62. The first-order valence-corrected chi connectivity index (χ1v) is 9.16. The second-order valence-corrected chi connectivity index (χ2v) is 7.71. The lowest BCUT2D eigenvalue weighted by molar-refractivity contribution is -0.138.